The van der Waals surface area contributed by atoms with Gasteiger partial charge in [-0.2, -0.15) is 0 Å². The van der Waals surface area contributed by atoms with E-state index in [0.717, 1.165) is 27.2 Å². The fourth-order valence-corrected chi connectivity index (χ4v) is 8.01. The van der Waals surface area contributed by atoms with Gasteiger partial charge in [0.25, 0.3) is 5.91 Å². The number of aryl methyl sites for hydroxylation is 1. The maximum absolute atomic E-state index is 13.9. The summed E-state index contributed by atoms with van der Waals surface area (Å²) in [5.74, 6) is -0.335. The number of anilines is 1. The highest BCUT2D eigenvalue weighted by molar-refractivity contribution is 7.21. The molecule has 0 radical (unpaired) electrons. The molecule has 0 bridgehead atoms. The molecule has 7 rings (SSSR count). The Morgan fingerprint density at radius 2 is 1.76 bits per heavy atom. The van der Waals surface area contributed by atoms with Gasteiger partial charge < -0.3 is 29.4 Å². The number of allylic oxidation sites excluding steroid dienone is 1. The molecule has 0 saturated carbocycles. The van der Waals surface area contributed by atoms with E-state index in [1.807, 2.05) is 37.3 Å². The minimum absolute atomic E-state index is 0.0140. The lowest BCUT2D eigenvalue weighted by atomic mass is 9.78. The fourth-order valence-electron chi connectivity index (χ4n) is 6.94. The molecule has 5 aromatic rings. The molecule has 3 atom stereocenters. The van der Waals surface area contributed by atoms with Crippen LogP contribution < -0.4 is 5.32 Å². The molecule has 1 aromatic heterocycles. The number of aromatic nitrogens is 1. The Labute approximate surface area is 296 Å². The van der Waals surface area contributed by atoms with Crippen molar-refractivity contribution in [1.29, 1.82) is 0 Å². The van der Waals surface area contributed by atoms with Crippen molar-refractivity contribution in [1.82, 2.24) is 4.98 Å². The number of carbonyl (C=O) groups is 1. The molecule has 2 heterocycles. The minimum Gasteiger partial charge on any atom is -0.459 e. The number of benzene rings is 4. The van der Waals surface area contributed by atoms with E-state index in [-0.39, 0.29) is 30.1 Å². The number of nitrogens with one attached hydrogen (secondary N) is 1. The van der Waals surface area contributed by atoms with Crippen molar-refractivity contribution in [3.8, 4) is 21.7 Å². The van der Waals surface area contributed by atoms with Gasteiger partial charge in [-0.1, -0.05) is 48.5 Å². The summed E-state index contributed by atoms with van der Waals surface area (Å²) in [6, 6.07) is 29.1. The standard InChI is InChI=1S/C41H42N2O6S/c1-3-48-41-33(17-19-46-21-22-47-20-18-44)35(32-10-6-9-31-30-8-5-4-7-28(30)24-34(31)32)25-37(49-41)39(45)42-29-14-12-27(13-15-29)40-43-36-16-11-26(2)23-38(36)50-40/h4-16,23,25,33,35,41,44H,3,17-22,24H2,1-2H3,(H,42,45)/t33-,35+,41+/m0/s1. The van der Waals surface area contributed by atoms with Crippen LogP contribution in [-0.2, 0) is 30.2 Å². The van der Waals surface area contributed by atoms with Crippen LogP contribution in [0.1, 0.15) is 41.5 Å². The van der Waals surface area contributed by atoms with E-state index < -0.39 is 6.29 Å². The van der Waals surface area contributed by atoms with E-state index in [2.05, 4.69) is 72.9 Å². The van der Waals surface area contributed by atoms with E-state index in [1.54, 1.807) is 11.3 Å². The zero-order valence-electron chi connectivity index (χ0n) is 28.4. The molecule has 1 amide bonds. The van der Waals surface area contributed by atoms with Gasteiger partial charge in [0.15, 0.2) is 5.76 Å². The molecule has 2 aliphatic rings. The zero-order valence-corrected chi connectivity index (χ0v) is 29.2. The number of hydrogen-bond donors (Lipinski definition) is 2. The van der Waals surface area contributed by atoms with Crippen LogP contribution in [0.15, 0.2) is 96.8 Å². The first-order valence-corrected chi connectivity index (χ1v) is 18.1. The molecular weight excluding hydrogens is 649 g/mol. The third-order valence-corrected chi connectivity index (χ3v) is 10.4. The summed E-state index contributed by atoms with van der Waals surface area (Å²) in [5.41, 5.74) is 10.1. The number of rotatable bonds is 14. The predicted molar refractivity (Wildman–Crippen MR) is 197 cm³/mol. The van der Waals surface area contributed by atoms with Gasteiger partial charge in [0.1, 0.15) is 5.01 Å². The number of nitrogens with zero attached hydrogens (tertiary/aromatic N) is 1. The molecule has 0 fully saturated rings. The molecule has 1 aliphatic heterocycles. The Bertz CT molecular complexity index is 1990. The first kappa shape index (κ1) is 34.1. The predicted octanol–water partition coefficient (Wildman–Crippen LogP) is 7.87. The molecule has 4 aromatic carbocycles. The molecule has 0 unspecified atom stereocenters. The van der Waals surface area contributed by atoms with Crippen LogP contribution in [-0.4, -0.2) is 61.9 Å². The molecule has 0 spiro atoms. The van der Waals surface area contributed by atoms with Crippen molar-refractivity contribution in [3.63, 3.8) is 0 Å². The maximum Gasteiger partial charge on any atom is 0.290 e. The average Bonchev–Trinajstić information content (AvgIpc) is 3.73. The smallest absolute Gasteiger partial charge is 0.290 e. The summed E-state index contributed by atoms with van der Waals surface area (Å²) in [7, 11) is 0. The fraction of sp³-hybridized carbons (Fsp3) is 0.317. The lowest BCUT2D eigenvalue weighted by Gasteiger charge is -2.37. The normalized spacial score (nSPS) is 18.0. The summed E-state index contributed by atoms with van der Waals surface area (Å²) in [6.07, 6.45) is 2.81. The number of amides is 1. The van der Waals surface area contributed by atoms with Gasteiger partial charge in [0.2, 0.25) is 6.29 Å². The van der Waals surface area contributed by atoms with Crippen molar-refractivity contribution < 1.29 is 28.8 Å². The summed E-state index contributed by atoms with van der Waals surface area (Å²) < 4.78 is 25.0. The van der Waals surface area contributed by atoms with Crippen molar-refractivity contribution >= 4 is 33.1 Å². The van der Waals surface area contributed by atoms with E-state index in [4.69, 9.17) is 29.0 Å². The van der Waals surface area contributed by atoms with Gasteiger partial charge in [-0.05, 0) is 103 Å². The zero-order chi connectivity index (χ0) is 34.5. The van der Waals surface area contributed by atoms with Crippen LogP contribution in [0, 0.1) is 12.8 Å². The summed E-state index contributed by atoms with van der Waals surface area (Å²) >= 11 is 1.66. The Morgan fingerprint density at radius 1 is 0.960 bits per heavy atom. The van der Waals surface area contributed by atoms with E-state index >= 15 is 0 Å². The van der Waals surface area contributed by atoms with Crippen LogP contribution in [0.4, 0.5) is 5.69 Å². The number of aliphatic hydroxyl groups excluding tert-OH is 1. The van der Waals surface area contributed by atoms with Crippen LogP contribution in [0.5, 0.6) is 0 Å². The highest BCUT2D eigenvalue weighted by atomic mass is 32.1. The van der Waals surface area contributed by atoms with Crippen molar-refractivity contribution in [3.05, 3.63) is 119 Å². The topological polar surface area (TPSA) is 99.1 Å². The second-order valence-corrected chi connectivity index (χ2v) is 13.7. The Hall–Kier alpha value is -4.38. The third kappa shape index (κ3) is 7.38. The largest absolute Gasteiger partial charge is 0.459 e. The first-order valence-electron chi connectivity index (χ1n) is 17.3. The molecule has 258 valence electrons. The van der Waals surface area contributed by atoms with Gasteiger partial charge in [-0.15, -0.1) is 11.3 Å². The molecule has 50 heavy (non-hydrogen) atoms. The first-order chi connectivity index (χ1) is 24.5. The molecule has 2 N–H and O–H groups in total. The Balaban J connectivity index is 1.14. The maximum atomic E-state index is 13.9. The van der Waals surface area contributed by atoms with Gasteiger partial charge in [-0.3, -0.25) is 4.79 Å². The Kier molecular flexibility index (Phi) is 10.7. The van der Waals surface area contributed by atoms with Crippen LogP contribution in [0.2, 0.25) is 0 Å². The summed E-state index contributed by atoms with van der Waals surface area (Å²) in [4.78, 5) is 18.7. The highest BCUT2D eigenvalue weighted by Crippen LogP contribution is 2.46. The number of hydrogen-bond acceptors (Lipinski definition) is 8. The molecule has 9 heteroatoms. The number of fused-ring (bicyclic) bond motifs is 4. The molecule has 0 saturated heterocycles. The number of ether oxygens (including phenoxy) is 4. The molecule has 1 aliphatic carbocycles. The minimum atomic E-state index is -0.644. The van der Waals surface area contributed by atoms with E-state index in [0.29, 0.717) is 45.1 Å². The van der Waals surface area contributed by atoms with Gasteiger partial charge >= 0.3 is 0 Å². The molecule has 8 nitrogen and oxygen atoms in total. The number of aliphatic hydroxyl groups is 1. The van der Waals surface area contributed by atoms with E-state index in [1.165, 1.54) is 33.4 Å². The van der Waals surface area contributed by atoms with Crippen molar-refractivity contribution in [2.24, 2.45) is 5.92 Å². The van der Waals surface area contributed by atoms with Gasteiger partial charge in [0, 0.05) is 36.3 Å². The lowest BCUT2D eigenvalue weighted by Crippen LogP contribution is -2.38. The SMILES string of the molecule is CCO[C@@H]1OC(C(=O)Nc2ccc(-c3nc4ccc(C)cc4s3)cc2)=C[C@H](c2cccc3c2Cc2ccccc2-3)[C@@H]1CCOCCOCCO. The van der Waals surface area contributed by atoms with E-state index in [9.17, 15) is 4.79 Å². The van der Waals surface area contributed by atoms with Crippen LogP contribution in [0.25, 0.3) is 31.9 Å². The second-order valence-electron chi connectivity index (χ2n) is 12.6. The summed E-state index contributed by atoms with van der Waals surface area (Å²) in [5, 5.41) is 13.0. The van der Waals surface area contributed by atoms with Gasteiger partial charge in [-0.25, -0.2) is 4.98 Å². The van der Waals surface area contributed by atoms with Crippen LogP contribution in [0.3, 0.4) is 0 Å². The summed E-state index contributed by atoms with van der Waals surface area (Å²) in [6.45, 7) is 6.04. The van der Waals surface area contributed by atoms with Crippen molar-refractivity contribution in [2.45, 2.75) is 38.9 Å². The highest BCUT2D eigenvalue weighted by Gasteiger charge is 2.39. The molecular formula is C41H42N2O6S. The number of thiazole rings is 1. The third-order valence-electron chi connectivity index (χ3n) is 9.32. The van der Waals surface area contributed by atoms with Crippen molar-refractivity contribution in [2.75, 3.05) is 45.0 Å². The van der Waals surface area contributed by atoms with Gasteiger partial charge in [0.05, 0.1) is 36.6 Å². The van der Waals surface area contributed by atoms with Crippen LogP contribution >= 0.6 is 11.3 Å². The monoisotopic (exact) mass is 690 g/mol. The quantitative estimate of drug-likeness (QED) is 0.112. The second kappa shape index (κ2) is 15.7. The Morgan fingerprint density at radius 3 is 2.58 bits per heavy atom. The lowest BCUT2D eigenvalue weighted by molar-refractivity contribution is -0.166. The number of carbonyl (C=O) groups excluding carboxylic acids is 1. The average molecular weight is 691 g/mol.